The van der Waals surface area contributed by atoms with E-state index in [1.807, 2.05) is 30.3 Å². The van der Waals surface area contributed by atoms with Crippen LogP contribution in [0, 0.1) is 0 Å². The van der Waals surface area contributed by atoms with E-state index in [1.54, 1.807) is 25.4 Å². The van der Waals surface area contributed by atoms with Crippen molar-refractivity contribution in [2.24, 2.45) is 4.99 Å². The number of rotatable bonds is 8. The third kappa shape index (κ3) is 7.09. The molecule has 0 saturated heterocycles. The molecule has 2 N–H and O–H groups in total. The van der Waals surface area contributed by atoms with Gasteiger partial charge in [-0.25, -0.2) is 4.98 Å². The van der Waals surface area contributed by atoms with Gasteiger partial charge in [-0.05, 0) is 18.2 Å². The molecule has 0 aliphatic heterocycles. The lowest BCUT2D eigenvalue weighted by Gasteiger charge is -2.15. The maximum atomic E-state index is 12.7. The maximum absolute atomic E-state index is 12.7. The van der Waals surface area contributed by atoms with Crippen molar-refractivity contribution in [2.45, 2.75) is 19.7 Å². The van der Waals surface area contributed by atoms with Crippen molar-refractivity contribution >= 4 is 29.9 Å². The van der Waals surface area contributed by atoms with Crippen LogP contribution >= 0.6 is 24.0 Å². The Morgan fingerprint density at radius 3 is 2.55 bits per heavy atom. The number of methoxy groups -OCH3 is 1. The molecule has 0 spiro atoms. The molecule has 0 aliphatic rings. The molecule has 0 amide bonds. The molecule has 10 heteroatoms. The SMILES string of the molecule is CN=C(NCc1ncc(-c2ccccc2)o1)NCc1cc(OC)ccc1OC(F)F.I. The van der Waals surface area contributed by atoms with Gasteiger partial charge in [0.2, 0.25) is 5.89 Å². The minimum atomic E-state index is -2.92. The van der Waals surface area contributed by atoms with E-state index >= 15 is 0 Å². The lowest BCUT2D eigenvalue weighted by atomic mass is 10.2. The number of alkyl halides is 2. The molecular formula is C21H23F2IN4O3. The van der Waals surface area contributed by atoms with E-state index in [0.29, 0.717) is 35.5 Å². The second-order valence-electron chi connectivity index (χ2n) is 6.12. The van der Waals surface area contributed by atoms with E-state index in [0.717, 1.165) is 5.56 Å². The average molecular weight is 544 g/mol. The van der Waals surface area contributed by atoms with Crippen LogP contribution in [-0.2, 0) is 13.1 Å². The van der Waals surface area contributed by atoms with Crippen molar-refractivity contribution in [3.05, 3.63) is 66.2 Å². The molecule has 0 radical (unpaired) electrons. The maximum Gasteiger partial charge on any atom is 0.387 e. The zero-order valence-electron chi connectivity index (χ0n) is 17.0. The lowest BCUT2D eigenvalue weighted by Crippen LogP contribution is -2.36. The summed E-state index contributed by atoms with van der Waals surface area (Å²) in [4.78, 5) is 8.38. The topological polar surface area (TPSA) is 80.9 Å². The Kier molecular flexibility index (Phi) is 9.50. The Labute approximate surface area is 195 Å². The first-order valence-electron chi connectivity index (χ1n) is 9.15. The van der Waals surface area contributed by atoms with Crippen LogP contribution in [0.2, 0.25) is 0 Å². The van der Waals surface area contributed by atoms with E-state index < -0.39 is 6.61 Å². The van der Waals surface area contributed by atoms with Crippen molar-refractivity contribution in [3.63, 3.8) is 0 Å². The molecular weight excluding hydrogens is 521 g/mol. The number of aromatic nitrogens is 1. The molecule has 1 aromatic heterocycles. The third-order valence-electron chi connectivity index (χ3n) is 4.17. The molecule has 0 saturated carbocycles. The summed E-state index contributed by atoms with van der Waals surface area (Å²) in [5, 5.41) is 6.12. The Morgan fingerprint density at radius 2 is 1.87 bits per heavy atom. The molecule has 0 atom stereocenters. The molecule has 0 aliphatic carbocycles. The van der Waals surface area contributed by atoms with Crippen molar-refractivity contribution in [2.75, 3.05) is 14.2 Å². The van der Waals surface area contributed by atoms with Gasteiger partial charge in [0.15, 0.2) is 11.7 Å². The second-order valence-corrected chi connectivity index (χ2v) is 6.12. The van der Waals surface area contributed by atoms with Gasteiger partial charge in [0.25, 0.3) is 0 Å². The van der Waals surface area contributed by atoms with E-state index in [9.17, 15) is 8.78 Å². The number of oxazole rings is 1. The van der Waals surface area contributed by atoms with Gasteiger partial charge in [-0.1, -0.05) is 30.3 Å². The zero-order valence-corrected chi connectivity index (χ0v) is 19.3. The molecule has 1 heterocycles. The first-order chi connectivity index (χ1) is 14.6. The van der Waals surface area contributed by atoms with Gasteiger partial charge in [0, 0.05) is 24.7 Å². The fourth-order valence-corrected chi connectivity index (χ4v) is 2.72. The number of ether oxygens (including phenoxy) is 2. The quantitative estimate of drug-likeness (QED) is 0.248. The Hall–Kier alpha value is -2.89. The van der Waals surface area contributed by atoms with Crippen LogP contribution in [0.25, 0.3) is 11.3 Å². The smallest absolute Gasteiger partial charge is 0.387 e. The number of hydrogen-bond acceptors (Lipinski definition) is 5. The van der Waals surface area contributed by atoms with Crippen LogP contribution in [0.5, 0.6) is 11.5 Å². The Morgan fingerprint density at radius 1 is 1.13 bits per heavy atom. The molecule has 3 rings (SSSR count). The van der Waals surface area contributed by atoms with Gasteiger partial charge in [0.1, 0.15) is 11.5 Å². The van der Waals surface area contributed by atoms with Crippen LogP contribution in [0.4, 0.5) is 8.78 Å². The number of nitrogens with one attached hydrogen (secondary N) is 2. The van der Waals surface area contributed by atoms with Crippen LogP contribution in [0.1, 0.15) is 11.5 Å². The number of hydrogen-bond donors (Lipinski definition) is 2. The monoisotopic (exact) mass is 544 g/mol. The molecule has 0 fully saturated rings. The summed E-state index contributed by atoms with van der Waals surface area (Å²) in [5.41, 5.74) is 1.43. The van der Waals surface area contributed by atoms with Gasteiger partial charge in [-0.15, -0.1) is 24.0 Å². The summed E-state index contributed by atoms with van der Waals surface area (Å²) < 4.78 is 40.8. The van der Waals surface area contributed by atoms with Crippen LogP contribution in [-0.4, -0.2) is 31.7 Å². The summed E-state index contributed by atoms with van der Waals surface area (Å²) in [5.74, 6) is 2.19. The first-order valence-corrected chi connectivity index (χ1v) is 9.15. The van der Waals surface area contributed by atoms with Gasteiger partial charge in [-0.2, -0.15) is 8.78 Å². The van der Waals surface area contributed by atoms with Crippen LogP contribution in [0.15, 0.2) is 64.1 Å². The van der Waals surface area contributed by atoms with Crippen molar-refractivity contribution in [1.82, 2.24) is 15.6 Å². The summed E-state index contributed by atoms with van der Waals surface area (Å²) in [6, 6.07) is 14.3. The van der Waals surface area contributed by atoms with E-state index in [2.05, 4.69) is 25.3 Å². The largest absolute Gasteiger partial charge is 0.497 e. The van der Waals surface area contributed by atoms with E-state index in [-0.39, 0.29) is 36.3 Å². The van der Waals surface area contributed by atoms with Crippen molar-refractivity contribution in [3.8, 4) is 22.8 Å². The third-order valence-corrected chi connectivity index (χ3v) is 4.17. The normalized spacial score (nSPS) is 11.1. The second kappa shape index (κ2) is 12.1. The summed E-state index contributed by atoms with van der Waals surface area (Å²) >= 11 is 0. The molecule has 0 unspecified atom stereocenters. The number of benzene rings is 2. The highest BCUT2D eigenvalue weighted by Gasteiger charge is 2.12. The standard InChI is InChI=1S/C21H22F2N4O3.HI/c1-24-21(26-11-15-10-16(28-2)8-9-17(15)30-20(22)23)27-13-19-25-12-18(29-19)14-6-4-3-5-7-14;/h3-10,12,20H,11,13H2,1-2H3,(H2,24,26,27);1H. The van der Waals surface area contributed by atoms with Crippen molar-refractivity contribution < 1.29 is 22.7 Å². The van der Waals surface area contributed by atoms with Gasteiger partial charge < -0.3 is 24.5 Å². The van der Waals surface area contributed by atoms with Crippen LogP contribution in [0.3, 0.4) is 0 Å². The fourth-order valence-electron chi connectivity index (χ4n) is 2.72. The molecule has 3 aromatic rings. The molecule has 166 valence electrons. The fraction of sp³-hybridized carbons (Fsp3) is 0.238. The lowest BCUT2D eigenvalue weighted by molar-refractivity contribution is -0.0505. The summed E-state index contributed by atoms with van der Waals surface area (Å²) in [6.45, 7) is -2.43. The number of guanidine groups is 1. The molecule has 2 aromatic carbocycles. The van der Waals surface area contributed by atoms with Gasteiger partial charge in [-0.3, -0.25) is 4.99 Å². The molecule has 7 nitrogen and oxygen atoms in total. The highest BCUT2D eigenvalue weighted by molar-refractivity contribution is 14.0. The van der Waals surface area contributed by atoms with E-state index in [1.165, 1.54) is 13.2 Å². The minimum Gasteiger partial charge on any atom is -0.497 e. The minimum absolute atomic E-state index is 0. The first kappa shape index (κ1) is 24.4. The molecule has 31 heavy (non-hydrogen) atoms. The highest BCUT2D eigenvalue weighted by Crippen LogP contribution is 2.25. The van der Waals surface area contributed by atoms with Crippen molar-refractivity contribution in [1.29, 1.82) is 0 Å². The summed E-state index contributed by atoms with van der Waals surface area (Å²) in [7, 11) is 3.10. The predicted octanol–water partition coefficient (Wildman–Crippen LogP) is 4.43. The summed E-state index contributed by atoms with van der Waals surface area (Å²) in [6.07, 6.45) is 1.66. The Bertz CT molecular complexity index is 984. The van der Waals surface area contributed by atoms with E-state index in [4.69, 9.17) is 9.15 Å². The zero-order chi connectivity index (χ0) is 21.3. The van der Waals surface area contributed by atoms with Crippen LogP contribution < -0.4 is 20.1 Å². The number of halogens is 3. The number of aliphatic imine (C=N–C) groups is 1. The Balaban J connectivity index is 0.00000341. The number of nitrogens with zero attached hydrogens (tertiary/aromatic N) is 2. The highest BCUT2D eigenvalue weighted by atomic mass is 127. The average Bonchev–Trinajstić information content (AvgIpc) is 3.24. The van der Waals surface area contributed by atoms with Gasteiger partial charge in [0.05, 0.1) is 19.9 Å². The van der Waals surface area contributed by atoms with Gasteiger partial charge >= 0.3 is 6.61 Å². The predicted molar refractivity (Wildman–Crippen MR) is 124 cm³/mol. The molecule has 0 bridgehead atoms.